The van der Waals surface area contributed by atoms with E-state index in [1.807, 2.05) is 12.1 Å². The summed E-state index contributed by atoms with van der Waals surface area (Å²) < 4.78 is 26.5. The molecule has 46 heavy (non-hydrogen) atoms. The molecule has 2 N–H and O–H groups in total. The van der Waals surface area contributed by atoms with Gasteiger partial charge in [-0.1, -0.05) is 30.3 Å². The molecule has 3 fully saturated rings. The summed E-state index contributed by atoms with van der Waals surface area (Å²) in [7, 11) is 1.60. The summed E-state index contributed by atoms with van der Waals surface area (Å²) in [4.78, 5) is 32.0. The van der Waals surface area contributed by atoms with Crippen molar-refractivity contribution in [3.05, 3.63) is 71.8 Å². The quantitative estimate of drug-likeness (QED) is 0.279. The van der Waals surface area contributed by atoms with Gasteiger partial charge < -0.3 is 25.0 Å². The number of aromatic nitrogens is 2. The zero-order valence-corrected chi connectivity index (χ0v) is 26.8. The maximum atomic E-state index is 14.9. The third-order valence-electron chi connectivity index (χ3n) is 8.74. The Morgan fingerprint density at radius 2 is 1.96 bits per heavy atom. The minimum Gasteiger partial charge on any atom is -0.494 e. The molecule has 3 saturated heterocycles. The van der Waals surface area contributed by atoms with E-state index in [9.17, 15) is 9.18 Å². The van der Waals surface area contributed by atoms with Gasteiger partial charge in [0.15, 0.2) is 5.82 Å². The normalized spacial score (nSPS) is 20.9. The summed E-state index contributed by atoms with van der Waals surface area (Å²) in [5.41, 5.74) is 2.51. The molecule has 3 aliphatic rings. The number of methoxy groups -OCH3 is 1. The number of morpholine rings is 1. The number of hydrogen-bond donors (Lipinski definition) is 2. The van der Waals surface area contributed by atoms with E-state index in [-0.39, 0.29) is 17.0 Å². The number of ether oxygens (including phenoxy) is 2. The van der Waals surface area contributed by atoms with Crippen LogP contribution in [0.1, 0.15) is 37.8 Å². The van der Waals surface area contributed by atoms with Crippen molar-refractivity contribution in [2.75, 3.05) is 67.1 Å². The molecule has 0 saturated carbocycles. The number of halogens is 2. The number of piperidine rings is 1. The van der Waals surface area contributed by atoms with Gasteiger partial charge in [0.05, 0.1) is 54.6 Å². The number of hydrogen-bond acceptors (Lipinski definition) is 10. The third-order valence-corrected chi connectivity index (χ3v) is 9.03. The Labute approximate surface area is 273 Å². The molecule has 1 aromatic heterocycles. The summed E-state index contributed by atoms with van der Waals surface area (Å²) in [6.45, 7) is 10.5. The van der Waals surface area contributed by atoms with Gasteiger partial charge in [0.25, 0.3) is 0 Å². The first-order valence-corrected chi connectivity index (χ1v) is 15.9. The van der Waals surface area contributed by atoms with Crippen molar-refractivity contribution >= 4 is 46.2 Å². The van der Waals surface area contributed by atoms with Crippen LogP contribution in [0.3, 0.4) is 0 Å². The fourth-order valence-electron chi connectivity index (χ4n) is 6.46. The Bertz CT molecular complexity index is 1570. The van der Waals surface area contributed by atoms with Crippen molar-refractivity contribution in [1.29, 1.82) is 0 Å². The fourth-order valence-corrected chi connectivity index (χ4v) is 6.64. The molecule has 2 aromatic carbocycles. The van der Waals surface area contributed by atoms with Gasteiger partial charge in [0.1, 0.15) is 23.7 Å². The number of carbonyl (C=O) groups excluding carboxylic acids is 1. The molecule has 0 aliphatic carbocycles. The Morgan fingerprint density at radius 3 is 2.72 bits per heavy atom. The van der Waals surface area contributed by atoms with Crippen molar-refractivity contribution < 1.29 is 23.5 Å². The van der Waals surface area contributed by atoms with E-state index < -0.39 is 11.9 Å². The van der Waals surface area contributed by atoms with Crippen LogP contribution < -0.4 is 25.3 Å². The number of anilines is 5. The van der Waals surface area contributed by atoms with Crippen molar-refractivity contribution in [3.63, 3.8) is 0 Å². The fraction of sp³-hybridized carbons (Fsp3) is 0.424. The number of benzene rings is 2. The van der Waals surface area contributed by atoms with Crippen molar-refractivity contribution in [1.82, 2.24) is 14.9 Å². The van der Waals surface area contributed by atoms with Crippen LogP contribution in [0.5, 0.6) is 5.75 Å². The molecule has 0 unspecified atom stereocenters. The lowest BCUT2D eigenvalue weighted by molar-refractivity contribution is -0.111. The van der Waals surface area contributed by atoms with E-state index in [0.29, 0.717) is 53.4 Å². The standard InChI is InChI=1S/C33H39ClFN7O4/c1-4-32(43)39-25-16-26(29(44-3)17-28(25)40-11-8-22(9-12-40)41-13-15-45-21(2)19-41)38-30-18-31(37-20-36-30)42-27(10-14-46-42)23-6-5-7-24(34)33(23)35/h4-7,16-18,20-22,27H,1,8-15,19H2,2-3H3,(H,39,43)(H,36,37,38)/t21-,27+/m0/s1. The predicted molar refractivity (Wildman–Crippen MR) is 177 cm³/mol. The van der Waals surface area contributed by atoms with Crippen LogP contribution in [0.15, 0.2) is 55.4 Å². The van der Waals surface area contributed by atoms with Crippen LogP contribution in [0.25, 0.3) is 0 Å². The van der Waals surface area contributed by atoms with E-state index in [4.69, 9.17) is 25.9 Å². The Balaban J connectivity index is 1.24. The second kappa shape index (κ2) is 14.2. The molecule has 11 nitrogen and oxygen atoms in total. The van der Waals surface area contributed by atoms with Crippen molar-refractivity contribution in [3.8, 4) is 5.75 Å². The summed E-state index contributed by atoms with van der Waals surface area (Å²) in [5.74, 6) is 0.693. The van der Waals surface area contributed by atoms with E-state index in [1.165, 1.54) is 18.5 Å². The number of rotatable bonds is 9. The van der Waals surface area contributed by atoms with Crippen LogP contribution in [0.4, 0.5) is 33.1 Å². The van der Waals surface area contributed by atoms with E-state index >= 15 is 0 Å². The summed E-state index contributed by atoms with van der Waals surface area (Å²) in [6.07, 6.45) is 5.48. The largest absolute Gasteiger partial charge is 0.494 e. The van der Waals surface area contributed by atoms with Crippen LogP contribution >= 0.6 is 11.6 Å². The first kappa shape index (κ1) is 32.0. The first-order valence-electron chi connectivity index (χ1n) is 15.6. The van der Waals surface area contributed by atoms with Gasteiger partial charge in [-0.05, 0) is 38.0 Å². The minimum absolute atomic E-state index is 0.0559. The van der Waals surface area contributed by atoms with E-state index in [0.717, 1.165) is 51.3 Å². The smallest absolute Gasteiger partial charge is 0.247 e. The summed E-state index contributed by atoms with van der Waals surface area (Å²) >= 11 is 6.06. The molecule has 6 rings (SSSR count). The Morgan fingerprint density at radius 1 is 1.13 bits per heavy atom. The lowest BCUT2D eigenvalue weighted by atomic mass is 10.0. The summed E-state index contributed by atoms with van der Waals surface area (Å²) in [5, 5.41) is 7.93. The number of carbonyl (C=O) groups is 1. The number of hydroxylamine groups is 1. The molecule has 0 bridgehead atoms. The van der Waals surface area contributed by atoms with Crippen molar-refractivity contribution in [2.24, 2.45) is 0 Å². The number of nitrogens with one attached hydrogen (secondary N) is 2. The Hall–Kier alpha value is -3.97. The molecule has 0 spiro atoms. The van der Waals surface area contributed by atoms with Gasteiger partial charge in [0.2, 0.25) is 5.91 Å². The van der Waals surface area contributed by atoms with Gasteiger partial charge in [-0.2, -0.15) is 0 Å². The number of nitrogens with zero attached hydrogens (tertiary/aromatic N) is 5. The maximum absolute atomic E-state index is 14.9. The monoisotopic (exact) mass is 651 g/mol. The third kappa shape index (κ3) is 6.90. The molecular formula is C33H39ClFN7O4. The highest BCUT2D eigenvalue weighted by Gasteiger charge is 2.32. The van der Waals surface area contributed by atoms with Gasteiger partial charge >= 0.3 is 0 Å². The lowest BCUT2D eigenvalue weighted by Gasteiger charge is -2.42. The zero-order chi connectivity index (χ0) is 32.2. The maximum Gasteiger partial charge on any atom is 0.247 e. The molecule has 13 heteroatoms. The number of amides is 1. The van der Waals surface area contributed by atoms with Gasteiger partial charge in [-0.25, -0.2) is 19.4 Å². The molecular weight excluding hydrogens is 613 g/mol. The molecule has 3 aromatic rings. The second-order valence-electron chi connectivity index (χ2n) is 11.7. The molecule has 4 heterocycles. The Kier molecular flexibility index (Phi) is 9.88. The minimum atomic E-state index is -0.476. The van der Waals surface area contributed by atoms with Crippen LogP contribution in [0.2, 0.25) is 5.02 Å². The second-order valence-corrected chi connectivity index (χ2v) is 12.1. The highest BCUT2D eigenvalue weighted by Crippen LogP contribution is 2.41. The average molecular weight is 652 g/mol. The highest BCUT2D eigenvalue weighted by molar-refractivity contribution is 6.30. The van der Waals surface area contributed by atoms with Crippen molar-refractivity contribution in [2.45, 2.75) is 44.4 Å². The van der Waals surface area contributed by atoms with Crippen LogP contribution in [-0.2, 0) is 14.4 Å². The van der Waals surface area contributed by atoms with Gasteiger partial charge in [-0.3, -0.25) is 14.5 Å². The molecule has 0 radical (unpaired) electrons. The summed E-state index contributed by atoms with van der Waals surface area (Å²) in [6, 6.07) is 10.5. The molecule has 3 aliphatic heterocycles. The SMILES string of the molecule is C=CC(=O)Nc1cc(Nc2cc(N3OCC[C@@H]3c3cccc(Cl)c3F)ncn2)c(OC)cc1N1CCC(N2CCO[C@@H](C)C2)CC1. The highest BCUT2D eigenvalue weighted by atomic mass is 35.5. The topological polar surface area (TPSA) is 104 Å². The van der Waals surface area contributed by atoms with Crippen LogP contribution in [0, 0.1) is 5.82 Å². The van der Waals surface area contributed by atoms with Gasteiger partial charge in [-0.15, -0.1) is 0 Å². The zero-order valence-electron chi connectivity index (χ0n) is 26.0. The van der Waals surface area contributed by atoms with E-state index in [1.54, 1.807) is 30.4 Å². The van der Waals surface area contributed by atoms with Gasteiger partial charge in [0, 0.05) is 56.3 Å². The van der Waals surface area contributed by atoms with Crippen LogP contribution in [-0.4, -0.2) is 79.4 Å². The van der Waals surface area contributed by atoms with E-state index in [2.05, 4.69) is 43.9 Å². The predicted octanol–water partition coefficient (Wildman–Crippen LogP) is 5.72. The molecule has 1 amide bonds. The molecule has 244 valence electrons. The lowest BCUT2D eigenvalue weighted by Crippen LogP contribution is -2.51. The first-order chi connectivity index (χ1) is 22.3. The molecule has 2 atom stereocenters. The average Bonchev–Trinajstić information content (AvgIpc) is 3.56.